The highest BCUT2D eigenvalue weighted by Crippen LogP contribution is 2.27. The molecule has 0 aliphatic carbocycles. The van der Waals surface area contributed by atoms with Crippen molar-refractivity contribution >= 4 is 22.6 Å². The van der Waals surface area contributed by atoms with E-state index < -0.39 is 0 Å². The first-order chi connectivity index (χ1) is 12.5. The Balaban J connectivity index is 1.50. The number of aryl methyl sites for hydroxylation is 1. The quantitative estimate of drug-likeness (QED) is 0.779. The number of imidazole rings is 1. The van der Waals surface area contributed by atoms with Gasteiger partial charge in [0.2, 0.25) is 5.91 Å². The fourth-order valence-electron chi connectivity index (χ4n) is 3.52. The number of amides is 1. The molecule has 0 atom stereocenters. The highest BCUT2D eigenvalue weighted by atomic mass is 16.5. The Kier molecular flexibility index (Phi) is 4.15. The number of ether oxygens (including phenoxy) is 1. The van der Waals surface area contributed by atoms with E-state index in [0.29, 0.717) is 12.3 Å². The van der Waals surface area contributed by atoms with Crippen LogP contribution >= 0.6 is 0 Å². The number of benzene rings is 2. The SMILES string of the molecule is CC(C)c1nc2cc(NC(=O)Cc3ccc4c(c3)OCC4)ccc2n1C. The molecule has 0 saturated carbocycles. The lowest BCUT2D eigenvalue weighted by Crippen LogP contribution is -2.14. The van der Waals surface area contributed by atoms with Gasteiger partial charge in [-0.2, -0.15) is 0 Å². The standard InChI is InChI=1S/C21H23N3O2/c1-13(2)21-23-17-12-16(6-7-18(17)24(21)3)22-20(25)11-14-4-5-15-8-9-26-19(15)10-14/h4-7,10,12-13H,8-9,11H2,1-3H3,(H,22,25). The van der Waals surface area contributed by atoms with Gasteiger partial charge >= 0.3 is 0 Å². The fraction of sp³-hybridized carbons (Fsp3) is 0.333. The summed E-state index contributed by atoms with van der Waals surface area (Å²) in [5.41, 5.74) is 4.93. The third-order valence-corrected chi connectivity index (χ3v) is 4.84. The molecule has 134 valence electrons. The molecule has 0 bridgehead atoms. The van der Waals surface area contributed by atoms with Crippen molar-refractivity contribution in [3.05, 3.63) is 53.3 Å². The van der Waals surface area contributed by atoms with Gasteiger partial charge in [-0.05, 0) is 35.4 Å². The number of nitrogens with one attached hydrogen (secondary N) is 1. The molecule has 2 aromatic carbocycles. The number of hydrogen-bond acceptors (Lipinski definition) is 3. The van der Waals surface area contributed by atoms with E-state index in [1.165, 1.54) is 5.56 Å². The largest absolute Gasteiger partial charge is 0.493 e. The van der Waals surface area contributed by atoms with Gasteiger partial charge in [0, 0.05) is 25.1 Å². The van der Waals surface area contributed by atoms with E-state index in [-0.39, 0.29) is 5.91 Å². The summed E-state index contributed by atoms with van der Waals surface area (Å²) in [4.78, 5) is 17.1. The summed E-state index contributed by atoms with van der Waals surface area (Å²) >= 11 is 0. The van der Waals surface area contributed by atoms with Crippen LogP contribution in [-0.2, 0) is 24.7 Å². The first kappa shape index (κ1) is 16.6. The second kappa shape index (κ2) is 6.48. The van der Waals surface area contributed by atoms with Gasteiger partial charge in [-0.1, -0.05) is 26.0 Å². The molecule has 1 amide bonds. The van der Waals surface area contributed by atoms with Crippen LogP contribution in [0, 0.1) is 0 Å². The second-order valence-corrected chi connectivity index (χ2v) is 7.15. The van der Waals surface area contributed by atoms with Crippen LogP contribution in [0.2, 0.25) is 0 Å². The lowest BCUT2D eigenvalue weighted by Gasteiger charge is -2.07. The number of anilines is 1. The van der Waals surface area contributed by atoms with Crippen LogP contribution in [0.4, 0.5) is 5.69 Å². The summed E-state index contributed by atoms with van der Waals surface area (Å²) in [5, 5.41) is 2.98. The summed E-state index contributed by atoms with van der Waals surface area (Å²) in [7, 11) is 2.03. The number of nitrogens with zero attached hydrogens (tertiary/aromatic N) is 2. The van der Waals surface area contributed by atoms with Crippen LogP contribution in [-0.4, -0.2) is 22.1 Å². The monoisotopic (exact) mass is 349 g/mol. The van der Waals surface area contributed by atoms with Crippen molar-refractivity contribution < 1.29 is 9.53 Å². The Morgan fingerprint density at radius 2 is 2.12 bits per heavy atom. The number of aromatic nitrogens is 2. The second-order valence-electron chi connectivity index (χ2n) is 7.15. The molecule has 1 aliphatic rings. The summed E-state index contributed by atoms with van der Waals surface area (Å²) in [6, 6.07) is 11.9. The van der Waals surface area contributed by atoms with Gasteiger partial charge in [-0.25, -0.2) is 4.98 Å². The molecular formula is C21H23N3O2. The molecule has 3 aromatic rings. The van der Waals surface area contributed by atoms with E-state index >= 15 is 0 Å². The van der Waals surface area contributed by atoms with Crippen LogP contribution in [0.15, 0.2) is 36.4 Å². The van der Waals surface area contributed by atoms with Gasteiger partial charge < -0.3 is 14.6 Å². The Bertz CT molecular complexity index is 988. The van der Waals surface area contributed by atoms with E-state index in [4.69, 9.17) is 9.72 Å². The predicted molar refractivity (Wildman–Crippen MR) is 103 cm³/mol. The minimum Gasteiger partial charge on any atom is -0.493 e. The van der Waals surface area contributed by atoms with Crippen LogP contribution in [0.5, 0.6) is 5.75 Å². The van der Waals surface area contributed by atoms with Gasteiger partial charge in [-0.15, -0.1) is 0 Å². The van der Waals surface area contributed by atoms with E-state index in [0.717, 1.165) is 46.9 Å². The summed E-state index contributed by atoms with van der Waals surface area (Å²) in [6.45, 7) is 4.99. The highest BCUT2D eigenvalue weighted by Gasteiger charge is 2.14. The number of fused-ring (bicyclic) bond motifs is 2. The van der Waals surface area contributed by atoms with Crippen molar-refractivity contribution in [1.82, 2.24) is 9.55 Å². The molecule has 2 heterocycles. The molecule has 1 aromatic heterocycles. The van der Waals surface area contributed by atoms with E-state index in [2.05, 4.69) is 29.8 Å². The minimum absolute atomic E-state index is 0.0395. The van der Waals surface area contributed by atoms with Crippen molar-refractivity contribution in [1.29, 1.82) is 0 Å². The van der Waals surface area contributed by atoms with E-state index in [1.54, 1.807) is 0 Å². The topological polar surface area (TPSA) is 56.1 Å². The number of hydrogen-bond donors (Lipinski definition) is 1. The summed E-state index contributed by atoms with van der Waals surface area (Å²) in [6.07, 6.45) is 1.28. The predicted octanol–water partition coefficient (Wildman–Crippen LogP) is 3.81. The Labute approximate surface area is 153 Å². The zero-order valence-electron chi connectivity index (χ0n) is 15.4. The third-order valence-electron chi connectivity index (χ3n) is 4.84. The average Bonchev–Trinajstić information content (AvgIpc) is 3.18. The first-order valence-electron chi connectivity index (χ1n) is 9.02. The van der Waals surface area contributed by atoms with Crippen LogP contribution < -0.4 is 10.1 Å². The summed E-state index contributed by atoms with van der Waals surface area (Å²) < 4.78 is 7.68. The number of carbonyl (C=O) groups excluding carboxylic acids is 1. The molecular weight excluding hydrogens is 326 g/mol. The molecule has 0 fully saturated rings. The van der Waals surface area contributed by atoms with Crippen molar-refractivity contribution in [2.24, 2.45) is 7.05 Å². The zero-order valence-corrected chi connectivity index (χ0v) is 15.4. The number of carbonyl (C=O) groups is 1. The fourth-order valence-corrected chi connectivity index (χ4v) is 3.52. The van der Waals surface area contributed by atoms with Crippen molar-refractivity contribution in [3.63, 3.8) is 0 Å². The smallest absolute Gasteiger partial charge is 0.228 e. The molecule has 4 rings (SSSR count). The van der Waals surface area contributed by atoms with Gasteiger partial charge in [0.05, 0.1) is 24.1 Å². The molecule has 0 unspecified atom stereocenters. The number of rotatable bonds is 4. The maximum atomic E-state index is 12.4. The van der Waals surface area contributed by atoms with Gasteiger partial charge in [0.1, 0.15) is 11.6 Å². The Morgan fingerprint density at radius 1 is 1.27 bits per heavy atom. The van der Waals surface area contributed by atoms with Crippen LogP contribution in [0.1, 0.15) is 36.7 Å². The molecule has 1 aliphatic heterocycles. The molecule has 5 heteroatoms. The van der Waals surface area contributed by atoms with Crippen molar-refractivity contribution in [3.8, 4) is 5.75 Å². The van der Waals surface area contributed by atoms with Gasteiger partial charge in [-0.3, -0.25) is 4.79 Å². The maximum absolute atomic E-state index is 12.4. The molecule has 1 N–H and O–H groups in total. The Hall–Kier alpha value is -2.82. The minimum atomic E-state index is -0.0395. The molecule has 0 radical (unpaired) electrons. The molecule has 26 heavy (non-hydrogen) atoms. The molecule has 5 nitrogen and oxygen atoms in total. The van der Waals surface area contributed by atoms with E-state index in [9.17, 15) is 4.79 Å². The first-order valence-corrected chi connectivity index (χ1v) is 9.02. The van der Waals surface area contributed by atoms with Gasteiger partial charge in [0.25, 0.3) is 0 Å². The van der Waals surface area contributed by atoms with Crippen molar-refractivity contribution in [2.45, 2.75) is 32.6 Å². The van der Waals surface area contributed by atoms with Crippen LogP contribution in [0.25, 0.3) is 11.0 Å². The molecule has 0 saturated heterocycles. The third kappa shape index (κ3) is 3.05. The highest BCUT2D eigenvalue weighted by molar-refractivity contribution is 5.94. The maximum Gasteiger partial charge on any atom is 0.228 e. The van der Waals surface area contributed by atoms with Crippen molar-refractivity contribution in [2.75, 3.05) is 11.9 Å². The lowest BCUT2D eigenvalue weighted by molar-refractivity contribution is -0.115. The normalized spacial score (nSPS) is 13.1. The lowest BCUT2D eigenvalue weighted by atomic mass is 10.1. The zero-order chi connectivity index (χ0) is 18.3. The van der Waals surface area contributed by atoms with Crippen LogP contribution in [0.3, 0.4) is 0 Å². The molecule has 0 spiro atoms. The van der Waals surface area contributed by atoms with E-state index in [1.807, 2.05) is 37.4 Å². The summed E-state index contributed by atoms with van der Waals surface area (Å²) in [5.74, 6) is 2.27. The average molecular weight is 349 g/mol. The van der Waals surface area contributed by atoms with Gasteiger partial charge in [0.15, 0.2) is 0 Å². The Morgan fingerprint density at radius 3 is 2.92 bits per heavy atom.